The second-order valence-electron chi connectivity index (χ2n) is 4.83. The Morgan fingerprint density at radius 3 is 2.67 bits per heavy atom. The van der Waals surface area contributed by atoms with E-state index in [1.807, 2.05) is 12.1 Å². The van der Waals surface area contributed by atoms with E-state index in [0.717, 1.165) is 31.9 Å². The number of aryl methyl sites for hydroxylation is 1. The fourth-order valence-corrected chi connectivity index (χ4v) is 1.89. The highest BCUT2D eigenvalue weighted by Crippen LogP contribution is 2.12. The molecule has 18 heavy (non-hydrogen) atoms. The molecule has 1 aromatic carbocycles. The molecule has 2 heteroatoms. The number of rotatable bonds is 10. The van der Waals surface area contributed by atoms with Crippen molar-refractivity contribution in [3.8, 4) is 5.75 Å². The van der Waals surface area contributed by atoms with Crippen LogP contribution in [0.1, 0.15) is 44.6 Å². The maximum atomic E-state index is 5.69. The molecule has 0 saturated heterocycles. The van der Waals surface area contributed by atoms with Crippen LogP contribution in [0.15, 0.2) is 24.3 Å². The Bertz CT molecular complexity index is 312. The number of benzene rings is 1. The maximum absolute atomic E-state index is 5.69. The van der Waals surface area contributed by atoms with Gasteiger partial charge in [-0.15, -0.1) is 0 Å². The van der Waals surface area contributed by atoms with Crippen LogP contribution in [0.4, 0.5) is 0 Å². The van der Waals surface area contributed by atoms with E-state index in [1.54, 1.807) is 0 Å². The normalized spacial score (nSPS) is 10.6. The minimum absolute atomic E-state index is 0.797. The molecule has 1 N–H and O–H groups in total. The van der Waals surface area contributed by atoms with Gasteiger partial charge in [0.25, 0.3) is 0 Å². The van der Waals surface area contributed by atoms with Crippen LogP contribution in [0, 0.1) is 6.92 Å². The fourth-order valence-electron chi connectivity index (χ4n) is 1.89. The molecule has 0 heterocycles. The lowest BCUT2D eigenvalue weighted by atomic mass is 10.2. The van der Waals surface area contributed by atoms with Gasteiger partial charge in [-0.05, 0) is 50.6 Å². The van der Waals surface area contributed by atoms with Crippen LogP contribution in [0.2, 0.25) is 0 Å². The Morgan fingerprint density at radius 2 is 1.89 bits per heavy atom. The van der Waals surface area contributed by atoms with E-state index in [4.69, 9.17) is 4.74 Å². The van der Waals surface area contributed by atoms with Crippen molar-refractivity contribution in [2.24, 2.45) is 0 Å². The van der Waals surface area contributed by atoms with Crippen LogP contribution in [0.3, 0.4) is 0 Å². The van der Waals surface area contributed by atoms with E-state index >= 15 is 0 Å². The molecule has 1 aromatic rings. The van der Waals surface area contributed by atoms with Crippen molar-refractivity contribution in [3.05, 3.63) is 29.8 Å². The molecular formula is C16H27NO. The summed E-state index contributed by atoms with van der Waals surface area (Å²) in [7, 11) is 0. The molecule has 2 nitrogen and oxygen atoms in total. The standard InChI is InChI=1S/C16H27NO/c1-3-4-5-6-11-17-12-8-13-18-16-10-7-9-15(2)14-16/h7,9-10,14,17H,3-6,8,11-13H2,1-2H3. The van der Waals surface area contributed by atoms with Crippen LogP contribution >= 0.6 is 0 Å². The molecule has 0 aromatic heterocycles. The molecule has 0 spiro atoms. The summed E-state index contributed by atoms with van der Waals surface area (Å²) in [5.41, 5.74) is 1.25. The van der Waals surface area contributed by atoms with Gasteiger partial charge in [-0.3, -0.25) is 0 Å². The summed E-state index contributed by atoms with van der Waals surface area (Å²) in [4.78, 5) is 0. The first kappa shape index (κ1) is 15.0. The van der Waals surface area contributed by atoms with Crippen LogP contribution < -0.4 is 10.1 Å². The molecule has 0 saturated carbocycles. The van der Waals surface area contributed by atoms with Gasteiger partial charge in [0.15, 0.2) is 0 Å². The first-order valence-corrected chi connectivity index (χ1v) is 7.23. The summed E-state index contributed by atoms with van der Waals surface area (Å²) < 4.78 is 5.69. The van der Waals surface area contributed by atoms with E-state index in [-0.39, 0.29) is 0 Å². The van der Waals surface area contributed by atoms with Gasteiger partial charge in [0.05, 0.1) is 6.61 Å². The third kappa shape index (κ3) is 7.33. The van der Waals surface area contributed by atoms with Crippen molar-refractivity contribution in [3.63, 3.8) is 0 Å². The highest BCUT2D eigenvalue weighted by molar-refractivity contribution is 5.27. The average molecular weight is 249 g/mol. The number of hydrogen-bond donors (Lipinski definition) is 1. The summed E-state index contributed by atoms with van der Waals surface area (Å²) in [6.07, 6.45) is 6.39. The molecule has 0 radical (unpaired) electrons. The van der Waals surface area contributed by atoms with Gasteiger partial charge < -0.3 is 10.1 Å². The summed E-state index contributed by atoms with van der Waals surface area (Å²) in [6, 6.07) is 8.23. The Labute approximate surface area is 112 Å². The van der Waals surface area contributed by atoms with E-state index in [9.17, 15) is 0 Å². The molecule has 0 amide bonds. The van der Waals surface area contributed by atoms with E-state index in [0.29, 0.717) is 0 Å². The summed E-state index contributed by atoms with van der Waals surface area (Å²) >= 11 is 0. The van der Waals surface area contributed by atoms with Gasteiger partial charge in [-0.2, -0.15) is 0 Å². The molecule has 0 aliphatic carbocycles. The van der Waals surface area contributed by atoms with Gasteiger partial charge in [0, 0.05) is 0 Å². The van der Waals surface area contributed by atoms with Crippen molar-refractivity contribution in [2.45, 2.75) is 46.0 Å². The van der Waals surface area contributed by atoms with Gasteiger partial charge in [-0.1, -0.05) is 38.3 Å². The van der Waals surface area contributed by atoms with Gasteiger partial charge in [-0.25, -0.2) is 0 Å². The second kappa shape index (κ2) is 9.95. The molecule has 0 aliphatic heterocycles. The lowest BCUT2D eigenvalue weighted by Gasteiger charge is -2.07. The van der Waals surface area contributed by atoms with Crippen LogP contribution in [-0.4, -0.2) is 19.7 Å². The first-order chi connectivity index (χ1) is 8.83. The number of nitrogens with one attached hydrogen (secondary N) is 1. The lowest BCUT2D eigenvalue weighted by molar-refractivity contribution is 0.308. The van der Waals surface area contributed by atoms with Crippen LogP contribution in [0.25, 0.3) is 0 Å². The number of hydrogen-bond acceptors (Lipinski definition) is 2. The van der Waals surface area contributed by atoms with Crippen molar-refractivity contribution in [1.29, 1.82) is 0 Å². The summed E-state index contributed by atoms with van der Waals surface area (Å²) in [6.45, 7) is 7.33. The zero-order valence-corrected chi connectivity index (χ0v) is 11.9. The zero-order chi connectivity index (χ0) is 13.1. The highest BCUT2D eigenvalue weighted by Gasteiger charge is 1.94. The second-order valence-corrected chi connectivity index (χ2v) is 4.83. The first-order valence-electron chi connectivity index (χ1n) is 7.23. The number of ether oxygens (including phenoxy) is 1. The minimum Gasteiger partial charge on any atom is -0.494 e. The average Bonchev–Trinajstić information content (AvgIpc) is 2.37. The molecule has 0 aliphatic rings. The fraction of sp³-hybridized carbons (Fsp3) is 0.625. The molecule has 0 fully saturated rings. The molecule has 0 atom stereocenters. The SMILES string of the molecule is CCCCCCNCCCOc1cccc(C)c1. The predicted octanol–water partition coefficient (Wildman–Crippen LogP) is 3.93. The Balaban J connectivity index is 1.92. The Morgan fingerprint density at radius 1 is 1.06 bits per heavy atom. The molecule has 0 unspecified atom stereocenters. The monoisotopic (exact) mass is 249 g/mol. The number of unbranched alkanes of at least 4 members (excludes halogenated alkanes) is 3. The summed E-state index contributed by atoms with van der Waals surface area (Å²) in [5, 5.41) is 3.46. The summed E-state index contributed by atoms with van der Waals surface area (Å²) in [5.74, 6) is 0.984. The third-order valence-electron chi connectivity index (χ3n) is 2.96. The predicted molar refractivity (Wildman–Crippen MR) is 78.3 cm³/mol. The quantitative estimate of drug-likeness (QED) is 0.634. The molecular weight excluding hydrogens is 222 g/mol. The highest BCUT2D eigenvalue weighted by atomic mass is 16.5. The smallest absolute Gasteiger partial charge is 0.119 e. The molecule has 102 valence electrons. The minimum atomic E-state index is 0.797. The van der Waals surface area contributed by atoms with E-state index in [1.165, 1.54) is 31.2 Å². The van der Waals surface area contributed by atoms with Crippen molar-refractivity contribution >= 4 is 0 Å². The molecule has 0 bridgehead atoms. The third-order valence-corrected chi connectivity index (χ3v) is 2.96. The maximum Gasteiger partial charge on any atom is 0.119 e. The Kier molecular flexibility index (Phi) is 8.32. The van der Waals surface area contributed by atoms with E-state index in [2.05, 4.69) is 31.3 Å². The van der Waals surface area contributed by atoms with Crippen LogP contribution in [0.5, 0.6) is 5.75 Å². The van der Waals surface area contributed by atoms with Gasteiger partial charge in [0.1, 0.15) is 5.75 Å². The van der Waals surface area contributed by atoms with Crippen molar-refractivity contribution in [2.75, 3.05) is 19.7 Å². The lowest BCUT2D eigenvalue weighted by Crippen LogP contribution is -2.18. The van der Waals surface area contributed by atoms with Crippen molar-refractivity contribution < 1.29 is 4.74 Å². The van der Waals surface area contributed by atoms with Crippen LogP contribution in [-0.2, 0) is 0 Å². The zero-order valence-electron chi connectivity index (χ0n) is 11.9. The Hall–Kier alpha value is -1.02. The van der Waals surface area contributed by atoms with E-state index < -0.39 is 0 Å². The molecule has 1 rings (SSSR count). The largest absolute Gasteiger partial charge is 0.494 e. The van der Waals surface area contributed by atoms with Gasteiger partial charge in [0.2, 0.25) is 0 Å². The van der Waals surface area contributed by atoms with Gasteiger partial charge >= 0.3 is 0 Å². The van der Waals surface area contributed by atoms with Crippen molar-refractivity contribution in [1.82, 2.24) is 5.32 Å². The topological polar surface area (TPSA) is 21.3 Å².